The molecular weight excluding hydrogens is 1070 g/mol. The van der Waals surface area contributed by atoms with Gasteiger partial charge < -0.3 is 0 Å². The van der Waals surface area contributed by atoms with Crippen LogP contribution in [0.15, 0.2) is 285 Å². The van der Waals surface area contributed by atoms with Gasteiger partial charge in [0.2, 0.25) is 0 Å². The van der Waals surface area contributed by atoms with Crippen LogP contribution in [-0.2, 0) is 34.5 Å². The first-order valence-corrected chi connectivity index (χ1v) is 31.8. The van der Waals surface area contributed by atoms with Crippen molar-refractivity contribution < 1.29 is 0 Å². The number of fused-ring (bicyclic) bond motifs is 1. The molecule has 450 valence electrons. The van der Waals surface area contributed by atoms with Crippen LogP contribution >= 0.6 is 11.6 Å². The quantitative estimate of drug-likeness (QED) is 0.156. The summed E-state index contributed by atoms with van der Waals surface area (Å²) in [6.45, 7) is 35.3. The molecule has 11 rings (SSSR count). The SMILES string of the molecule is CC.CC(C)(C)c1ccc(-c2ccccc2)cc1.CC(C)(C)c1cccc2ccccc12.CC(C)(C)c1ccccc1.CC(C)(C)c1ccccc1-c1ccccc1.CCc1ccc(-c2cccc(Cl)c2)cc1.CCc1ccc(-c2ccccc2)cc1. The molecule has 0 aliphatic heterocycles. The topological polar surface area (TPSA) is 0 Å². The van der Waals surface area contributed by atoms with E-state index < -0.39 is 0 Å². The average molecular weight is 1170 g/mol. The summed E-state index contributed by atoms with van der Waals surface area (Å²) in [6, 6.07) is 100. The summed E-state index contributed by atoms with van der Waals surface area (Å²) in [7, 11) is 0. The zero-order chi connectivity index (χ0) is 63.5. The van der Waals surface area contributed by atoms with Crippen LogP contribution in [0.1, 0.15) is 144 Å². The molecular formula is C86H99Cl. The van der Waals surface area contributed by atoms with Gasteiger partial charge in [0.1, 0.15) is 0 Å². The Hall–Kier alpha value is -8.03. The van der Waals surface area contributed by atoms with Gasteiger partial charge in [0.05, 0.1) is 0 Å². The summed E-state index contributed by atoms with van der Waals surface area (Å²) in [4.78, 5) is 0. The first-order chi connectivity index (χ1) is 41.5. The fourth-order valence-corrected chi connectivity index (χ4v) is 9.97. The Kier molecular flexibility index (Phi) is 27.5. The van der Waals surface area contributed by atoms with Crippen molar-refractivity contribution in [3.8, 4) is 44.5 Å². The van der Waals surface area contributed by atoms with Crippen molar-refractivity contribution in [3.05, 3.63) is 324 Å². The van der Waals surface area contributed by atoms with Gasteiger partial charge in [-0.25, -0.2) is 0 Å². The normalized spacial score (nSPS) is 10.9. The molecule has 0 aromatic heterocycles. The summed E-state index contributed by atoms with van der Waals surface area (Å²) < 4.78 is 0. The molecule has 0 aliphatic rings. The smallest absolute Gasteiger partial charge is 0.0412 e. The number of benzene rings is 11. The maximum Gasteiger partial charge on any atom is 0.0412 e. The second-order valence-corrected chi connectivity index (χ2v) is 26.2. The predicted molar refractivity (Wildman–Crippen MR) is 388 cm³/mol. The van der Waals surface area contributed by atoms with Crippen LogP contribution in [0.3, 0.4) is 0 Å². The maximum atomic E-state index is 5.95. The molecule has 0 bridgehead atoms. The largest absolute Gasteiger partial charge is 0.0843 e. The summed E-state index contributed by atoms with van der Waals surface area (Å²) in [5.74, 6) is 0. The second kappa shape index (κ2) is 34.3. The molecule has 0 saturated heterocycles. The van der Waals surface area contributed by atoms with Crippen molar-refractivity contribution in [1.82, 2.24) is 0 Å². The summed E-state index contributed by atoms with van der Waals surface area (Å²) in [6.07, 6.45) is 2.19. The molecule has 11 aromatic carbocycles. The van der Waals surface area contributed by atoms with Gasteiger partial charge in [-0.05, 0) is 135 Å². The molecule has 0 unspecified atom stereocenters. The van der Waals surface area contributed by atoms with E-state index in [1.807, 2.05) is 44.2 Å². The van der Waals surface area contributed by atoms with Crippen LogP contribution < -0.4 is 0 Å². The highest BCUT2D eigenvalue weighted by molar-refractivity contribution is 6.30. The Morgan fingerprint density at radius 1 is 0.264 bits per heavy atom. The third-order valence-corrected chi connectivity index (χ3v) is 15.1. The van der Waals surface area contributed by atoms with Crippen molar-refractivity contribution in [2.24, 2.45) is 0 Å². The second-order valence-electron chi connectivity index (χ2n) is 25.7. The molecule has 0 heterocycles. The van der Waals surface area contributed by atoms with E-state index in [2.05, 4.69) is 352 Å². The van der Waals surface area contributed by atoms with Gasteiger partial charge >= 0.3 is 0 Å². The highest BCUT2D eigenvalue weighted by atomic mass is 35.5. The van der Waals surface area contributed by atoms with Crippen molar-refractivity contribution in [1.29, 1.82) is 0 Å². The molecule has 0 amide bonds. The molecule has 0 nitrogen and oxygen atoms in total. The molecule has 11 aromatic rings. The van der Waals surface area contributed by atoms with E-state index in [0.29, 0.717) is 5.41 Å². The van der Waals surface area contributed by atoms with Crippen molar-refractivity contribution in [2.75, 3.05) is 0 Å². The molecule has 0 saturated carbocycles. The fraction of sp³-hybridized carbons (Fsp3) is 0.256. The van der Waals surface area contributed by atoms with Crippen LogP contribution in [0.2, 0.25) is 5.02 Å². The lowest BCUT2D eigenvalue weighted by Gasteiger charge is -2.23. The highest BCUT2D eigenvalue weighted by Gasteiger charge is 2.19. The number of hydrogen-bond acceptors (Lipinski definition) is 0. The molecule has 0 atom stereocenters. The third-order valence-electron chi connectivity index (χ3n) is 14.9. The summed E-state index contributed by atoms with van der Waals surface area (Å²) in [5, 5.41) is 3.49. The number of rotatable bonds is 6. The van der Waals surface area contributed by atoms with E-state index >= 15 is 0 Å². The van der Waals surface area contributed by atoms with Crippen LogP contribution in [0.25, 0.3) is 55.3 Å². The van der Waals surface area contributed by atoms with E-state index in [4.69, 9.17) is 11.6 Å². The molecule has 0 radical (unpaired) electrons. The molecule has 87 heavy (non-hydrogen) atoms. The van der Waals surface area contributed by atoms with Gasteiger partial charge in [0.25, 0.3) is 0 Å². The Bertz CT molecular complexity index is 3640. The van der Waals surface area contributed by atoms with Gasteiger partial charge in [-0.2, -0.15) is 0 Å². The van der Waals surface area contributed by atoms with Crippen molar-refractivity contribution >= 4 is 22.4 Å². The predicted octanol–water partition coefficient (Wildman–Crippen LogP) is 25.9. The minimum Gasteiger partial charge on any atom is -0.0843 e. The fourth-order valence-electron chi connectivity index (χ4n) is 9.78. The lowest BCUT2D eigenvalue weighted by Crippen LogP contribution is -2.12. The Morgan fingerprint density at radius 3 is 1.01 bits per heavy atom. The number of hydrogen-bond donors (Lipinski definition) is 0. The molecule has 0 fully saturated rings. The zero-order valence-corrected chi connectivity index (χ0v) is 56.2. The van der Waals surface area contributed by atoms with Crippen LogP contribution in [0.4, 0.5) is 0 Å². The number of aryl methyl sites for hydroxylation is 2. The van der Waals surface area contributed by atoms with Gasteiger partial charge in [0, 0.05) is 5.02 Å². The Labute approximate surface area is 532 Å². The van der Waals surface area contributed by atoms with E-state index in [-0.39, 0.29) is 16.2 Å². The van der Waals surface area contributed by atoms with Gasteiger partial charge in [0.15, 0.2) is 0 Å². The Morgan fingerprint density at radius 2 is 0.586 bits per heavy atom. The van der Waals surface area contributed by atoms with Crippen LogP contribution in [0.5, 0.6) is 0 Å². The van der Waals surface area contributed by atoms with Gasteiger partial charge in [-0.15, -0.1) is 0 Å². The van der Waals surface area contributed by atoms with E-state index in [1.54, 1.807) is 0 Å². The Balaban J connectivity index is 0.000000190. The molecule has 0 N–H and O–H groups in total. The van der Waals surface area contributed by atoms with E-state index in [0.717, 1.165) is 17.9 Å². The molecule has 0 aliphatic carbocycles. The van der Waals surface area contributed by atoms with Gasteiger partial charge in [-0.1, -0.05) is 395 Å². The highest BCUT2D eigenvalue weighted by Crippen LogP contribution is 2.34. The van der Waals surface area contributed by atoms with E-state index in [1.165, 1.54) is 88.7 Å². The van der Waals surface area contributed by atoms with Crippen LogP contribution in [0, 0.1) is 0 Å². The minimum absolute atomic E-state index is 0.187. The van der Waals surface area contributed by atoms with Crippen molar-refractivity contribution in [3.63, 3.8) is 0 Å². The lowest BCUT2D eigenvalue weighted by molar-refractivity contribution is 0.590. The van der Waals surface area contributed by atoms with E-state index in [9.17, 15) is 0 Å². The first kappa shape index (κ1) is 69.7. The summed E-state index contributed by atoms with van der Waals surface area (Å²) in [5.41, 5.74) is 19.5. The summed E-state index contributed by atoms with van der Waals surface area (Å²) >= 11 is 5.95. The number of halogens is 1. The van der Waals surface area contributed by atoms with Crippen molar-refractivity contribution in [2.45, 2.75) is 145 Å². The maximum absolute atomic E-state index is 5.95. The molecule has 1 heteroatoms. The third kappa shape index (κ3) is 23.0. The monoisotopic (exact) mass is 1170 g/mol. The lowest BCUT2D eigenvalue weighted by atomic mass is 9.82. The van der Waals surface area contributed by atoms with Crippen LogP contribution in [-0.4, -0.2) is 0 Å². The van der Waals surface area contributed by atoms with Gasteiger partial charge in [-0.3, -0.25) is 0 Å². The first-order valence-electron chi connectivity index (χ1n) is 31.4. The minimum atomic E-state index is 0.187. The average Bonchev–Trinajstić information content (AvgIpc) is 3.27. The molecule has 0 spiro atoms. The zero-order valence-electron chi connectivity index (χ0n) is 55.4. The standard InChI is InChI=1S/2C16H18.C14H13Cl.C14H16.C14H14.C10H14.C2H6/c1-16(2,3)15-12-8-7-11-14(15)13-9-5-4-6-10-13;1-16(2,3)15-11-9-14(10-12-15)13-7-5-4-6-8-13;1-2-11-6-8-12(9-7-11)13-4-3-5-14(15)10-13;1-14(2,3)13-10-6-8-11-7-4-5-9-12(11)13;1-2-12-8-10-14(11-9-12)13-6-4-3-5-7-13;1-10(2,3)9-7-5-4-6-8-9;1-2/h2*4-12H,1-3H3;3-10H,2H2,1H3;4-10H,1-3H3;3-11H,2H2,1H3;4-8H,1-3H3;1-2H3.